The number of nitrogens with one attached hydrogen (secondary N) is 1. The zero-order valence-corrected chi connectivity index (χ0v) is 10.9. The Bertz CT molecular complexity index is 438. The molecule has 3 aliphatic rings. The van der Waals surface area contributed by atoms with Crippen molar-refractivity contribution < 1.29 is 0 Å². The lowest BCUT2D eigenvalue weighted by Gasteiger charge is -2.33. The molecule has 1 aromatic rings. The molecule has 0 radical (unpaired) electrons. The first kappa shape index (κ1) is 11.0. The van der Waals surface area contributed by atoms with E-state index >= 15 is 0 Å². The molecule has 1 aliphatic heterocycles. The van der Waals surface area contributed by atoms with E-state index in [1.54, 1.807) is 11.1 Å². The Labute approximate surface area is 109 Å². The fourth-order valence-corrected chi connectivity index (χ4v) is 3.56. The molecule has 2 fully saturated rings. The molecule has 2 heteroatoms. The first-order valence-corrected chi connectivity index (χ1v) is 7.45. The van der Waals surface area contributed by atoms with E-state index in [1.165, 1.54) is 45.3 Å². The third-order valence-corrected chi connectivity index (χ3v) is 4.76. The second-order valence-corrected chi connectivity index (χ2v) is 6.29. The molecular weight excluding hydrogens is 220 g/mol. The average molecular weight is 242 g/mol. The predicted octanol–water partition coefficient (Wildman–Crippen LogP) is 2.15. The molecule has 2 nitrogen and oxygen atoms in total. The SMILES string of the molecule is c1ccc2c(c1)CC2CN1CCC(NC2CC2)C1. The lowest BCUT2D eigenvalue weighted by atomic mass is 9.77. The third-order valence-electron chi connectivity index (χ3n) is 4.76. The number of likely N-dealkylation sites (tertiary alicyclic amines) is 1. The summed E-state index contributed by atoms with van der Waals surface area (Å²) >= 11 is 0. The van der Waals surface area contributed by atoms with E-state index in [0.717, 1.165) is 18.0 Å². The van der Waals surface area contributed by atoms with Gasteiger partial charge in [-0.25, -0.2) is 0 Å². The lowest BCUT2D eigenvalue weighted by Crippen LogP contribution is -2.36. The van der Waals surface area contributed by atoms with Crippen molar-refractivity contribution in [3.63, 3.8) is 0 Å². The average Bonchev–Trinajstić information content (AvgIpc) is 3.05. The van der Waals surface area contributed by atoms with E-state index in [2.05, 4.69) is 34.5 Å². The number of hydrogen-bond donors (Lipinski definition) is 1. The van der Waals surface area contributed by atoms with E-state index in [0.29, 0.717) is 0 Å². The highest BCUT2D eigenvalue weighted by Gasteiger charge is 2.32. The van der Waals surface area contributed by atoms with Crippen LogP contribution in [0.1, 0.15) is 36.3 Å². The summed E-state index contributed by atoms with van der Waals surface area (Å²) in [6.07, 6.45) is 5.47. The van der Waals surface area contributed by atoms with Crippen molar-refractivity contribution in [1.29, 1.82) is 0 Å². The summed E-state index contributed by atoms with van der Waals surface area (Å²) in [4.78, 5) is 2.67. The zero-order valence-electron chi connectivity index (χ0n) is 10.9. The molecule has 4 rings (SSSR count). The minimum atomic E-state index is 0.771. The lowest BCUT2D eigenvalue weighted by molar-refractivity contribution is 0.293. The second-order valence-electron chi connectivity index (χ2n) is 6.29. The fourth-order valence-electron chi connectivity index (χ4n) is 3.56. The van der Waals surface area contributed by atoms with Gasteiger partial charge in [0.2, 0.25) is 0 Å². The summed E-state index contributed by atoms with van der Waals surface area (Å²) in [5.41, 5.74) is 3.19. The van der Waals surface area contributed by atoms with Gasteiger partial charge in [-0.2, -0.15) is 0 Å². The molecule has 1 N–H and O–H groups in total. The van der Waals surface area contributed by atoms with Crippen LogP contribution in [0.3, 0.4) is 0 Å². The van der Waals surface area contributed by atoms with Gasteiger partial charge in [-0.3, -0.25) is 0 Å². The normalized spacial score (nSPS) is 31.1. The van der Waals surface area contributed by atoms with Crippen LogP contribution >= 0.6 is 0 Å². The van der Waals surface area contributed by atoms with Crippen LogP contribution in [0.25, 0.3) is 0 Å². The van der Waals surface area contributed by atoms with Gasteiger partial charge in [0.05, 0.1) is 0 Å². The van der Waals surface area contributed by atoms with Crippen molar-refractivity contribution in [3.05, 3.63) is 35.4 Å². The zero-order chi connectivity index (χ0) is 11.9. The van der Waals surface area contributed by atoms with Crippen LogP contribution in [-0.2, 0) is 6.42 Å². The van der Waals surface area contributed by atoms with E-state index in [1.807, 2.05) is 0 Å². The molecule has 2 aliphatic carbocycles. The number of nitrogens with zero attached hydrogens (tertiary/aromatic N) is 1. The Morgan fingerprint density at radius 1 is 1.11 bits per heavy atom. The molecule has 0 amide bonds. The van der Waals surface area contributed by atoms with Crippen LogP contribution in [0.4, 0.5) is 0 Å². The molecule has 1 saturated heterocycles. The predicted molar refractivity (Wildman–Crippen MR) is 73.9 cm³/mol. The molecular formula is C16H22N2. The molecule has 0 bridgehead atoms. The summed E-state index contributed by atoms with van der Waals surface area (Å²) in [6, 6.07) is 10.6. The maximum absolute atomic E-state index is 3.77. The van der Waals surface area contributed by atoms with Gasteiger partial charge in [0, 0.05) is 31.1 Å². The maximum Gasteiger partial charge on any atom is 0.0209 e. The molecule has 96 valence electrons. The van der Waals surface area contributed by atoms with E-state index in [4.69, 9.17) is 0 Å². The largest absolute Gasteiger partial charge is 0.310 e. The summed E-state index contributed by atoms with van der Waals surface area (Å²) in [5.74, 6) is 0.806. The van der Waals surface area contributed by atoms with Crippen molar-refractivity contribution in [3.8, 4) is 0 Å². The summed E-state index contributed by atoms with van der Waals surface area (Å²) in [5, 5.41) is 3.77. The van der Waals surface area contributed by atoms with Gasteiger partial charge in [-0.1, -0.05) is 24.3 Å². The summed E-state index contributed by atoms with van der Waals surface area (Å²) in [7, 11) is 0. The molecule has 0 spiro atoms. The van der Waals surface area contributed by atoms with Crippen molar-refractivity contribution in [1.82, 2.24) is 10.2 Å². The highest BCUT2D eigenvalue weighted by molar-refractivity contribution is 5.40. The summed E-state index contributed by atoms with van der Waals surface area (Å²) in [6.45, 7) is 3.85. The molecule has 0 aromatic heterocycles. The molecule has 1 aromatic carbocycles. The van der Waals surface area contributed by atoms with Gasteiger partial charge >= 0.3 is 0 Å². The van der Waals surface area contributed by atoms with E-state index in [9.17, 15) is 0 Å². The van der Waals surface area contributed by atoms with Gasteiger partial charge < -0.3 is 10.2 Å². The highest BCUT2D eigenvalue weighted by Crippen LogP contribution is 2.36. The van der Waals surface area contributed by atoms with Crippen molar-refractivity contribution in [2.45, 2.75) is 43.7 Å². The second kappa shape index (κ2) is 4.36. The van der Waals surface area contributed by atoms with Crippen LogP contribution in [0.5, 0.6) is 0 Å². The molecule has 18 heavy (non-hydrogen) atoms. The first-order chi connectivity index (χ1) is 8.88. The molecule has 1 saturated carbocycles. The van der Waals surface area contributed by atoms with Crippen LogP contribution in [-0.4, -0.2) is 36.6 Å². The van der Waals surface area contributed by atoms with Crippen LogP contribution in [0.15, 0.2) is 24.3 Å². The van der Waals surface area contributed by atoms with Crippen LogP contribution < -0.4 is 5.32 Å². The van der Waals surface area contributed by atoms with Gasteiger partial charge in [0.1, 0.15) is 0 Å². The third kappa shape index (κ3) is 2.08. The Hall–Kier alpha value is -0.860. The molecule has 2 atom stereocenters. The van der Waals surface area contributed by atoms with Crippen LogP contribution in [0.2, 0.25) is 0 Å². The van der Waals surface area contributed by atoms with Gasteiger partial charge in [-0.05, 0) is 43.4 Å². The van der Waals surface area contributed by atoms with Crippen molar-refractivity contribution >= 4 is 0 Å². The van der Waals surface area contributed by atoms with Crippen molar-refractivity contribution in [2.24, 2.45) is 0 Å². The Balaban J connectivity index is 1.31. The van der Waals surface area contributed by atoms with E-state index < -0.39 is 0 Å². The number of hydrogen-bond acceptors (Lipinski definition) is 2. The number of rotatable bonds is 4. The standard InChI is InChI=1S/C16H22N2/c1-2-4-16-12(3-1)9-13(16)10-18-8-7-15(11-18)17-14-5-6-14/h1-4,13-15,17H,5-11H2. The fraction of sp³-hybridized carbons (Fsp3) is 0.625. The van der Waals surface area contributed by atoms with Crippen LogP contribution in [0, 0.1) is 0 Å². The Morgan fingerprint density at radius 3 is 2.83 bits per heavy atom. The minimum absolute atomic E-state index is 0.771. The summed E-state index contributed by atoms with van der Waals surface area (Å²) < 4.78 is 0. The number of benzene rings is 1. The maximum atomic E-state index is 3.77. The molecule has 2 unspecified atom stereocenters. The first-order valence-electron chi connectivity index (χ1n) is 7.45. The highest BCUT2D eigenvalue weighted by atomic mass is 15.2. The quantitative estimate of drug-likeness (QED) is 0.870. The minimum Gasteiger partial charge on any atom is -0.310 e. The molecule has 1 heterocycles. The van der Waals surface area contributed by atoms with Gasteiger partial charge in [-0.15, -0.1) is 0 Å². The Morgan fingerprint density at radius 2 is 2.00 bits per heavy atom. The van der Waals surface area contributed by atoms with Gasteiger partial charge in [0.25, 0.3) is 0 Å². The smallest absolute Gasteiger partial charge is 0.0209 e. The van der Waals surface area contributed by atoms with E-state index in [-0.39, 0.29) is 0 Å². The number of fused-ring (bicyclic) bond motifs is 1. The van der Waals surface area contributed by atoms with Gasteiger partial charge in [0.15, 0.2) is 0 Å². The monoisotopic (exact) mass is 242 g/mol. The topological polar surface area (TPSA) is 15.3 Å². The Kier molecular flexibility index (Phi) is 2.66. The van der Waals surface area contributed by atoms with Crippen molar-refractivity contribution in [2.75, 3.05) is 19.6 Å².